The van der Waals surface area contributed by atoms with Gasteiger partial charge < -0.3 is 4.74 Å². The molecule has 1 unspecified atom stereocenters. The monoisotopic (exact) mass is 372 g/mol. The standard InChI is InChI=1S/C17H22BrFOS/c1-5-6-7-13(2)12-20-17(10-14(3)19)11-16(18)9-8-15(4)21/h5-10,15,21H,12H2,1-4H3/b6-5-,9-8?,13-7+,14-10+. The highest BCUT2D eigenvalue weighted by Gasteiger charge is 1.97. The zero-order valence-electron chi connectivity index (χ0n) is 12.9. The van der Waals surface area contributed by atoms with Crippen LogP contribution in [-0.2, 0) is 4.74 Å². The van der Waals surface area contributed by atoms with E-state index in [4.69, 9.17) is 4.74 Å². The third kappa shape index (κ3) is 12.5. The maximum absolute atomic E-state index is 13.1. The van der Waals surface area contributed by atoms with E-state index in [-0.39, 0.29) is 11.1 Å². The van der Waals surface area contributed by atoms with E-state index in [2.05, 4.69) is 34.3 Å². The Morgan fingerprint density at radius 1 is 1.43 bits per heavy atom. The lowest BCUT2D eigenvalue weighted by Crippen LogP contribution is -1.94. The molecule has 0 rings (SSSR count). The van der Waals surface area contributed by atoms with Crippen LogP contribution in [0.2, 0.25) is 0 Å². The predicted molar refractivity (Wildman–Crippen MR) is 96.4 cm³/mol. The van der Waals surface area contributed by atoms with Gasteiger partial charge in [-0.05, 0) is 55.3 Å². The molecule has 0 heterocycles. The summed E-state index contributed by atoms with van der Waals surface area (Å²) in [6.45, 7) is 7.59. The van der Waals surface area contributed by atoms with E-state index >= 15 is 0 Å². The molecule has 4 heteroatoms. The van der Waals surface area contributed by atoms with Crippen LogP contribution in [0.1, 0.15) is 27.7 Å². The van der Waals surface area contributed by atoms with E-state index in [0.29, 0.717) is 16.8 Å². The van der Waals surface area contributed by atoms with E-state index < -0.39 is 0 Å². The molecule has 21 heavy (non-hydrogen) atoms. The topological polar surface area (TPSA) is 9.23 Å². The summed E-state index contributed by atoms with van der Waals surface area (Å²) in [5.41, 5.74) is 4.00. The number of allylic oxidation sites excluding steroid dienone is 6. The van der Waals surface area contributed by atoms with Crippen LogP contribution in [0.3, 0.4) is 0 Å². The van der Waals surface area contributed by atoms with Crippen molar-refractivity contribution < 1.29 is 9.13 Å². The Labute approximate surface area is 141 Å². The van der Waals surface area contributed by atoms with Crippen LogP contribution >= 0.6 is 28.6 Å². The summed E-state index contributed by atoms with van der Waals surface area (Å²) in [7, 11) is 0. The van der Waals surface area contributed by atoms with Gasteiger partial charge in [-0.15, -0.1) is 0 Å². The first-order valence-corrected chi connectivity index (χ1v) is 7.93. The highest BCUT2D eigenvalue weighted by molar-refractivity contribution is 9.11. The minimum absolute atomic E-state index is 0.133. The zero-order valence-corrected chi connectivity index (χ0v) is 15.3. The van der Waals surface area contributed by atoms with Gasteiger partial charge in [0.15, 0.2) is 5.76 Å². The van der Waals surface area contributed by atoms with Crippen molar-refractivity contribution in [2.24, 2.45) is 0 Å². The molecule has 0 aliphatic heterocycles. The molecule has 116 valence electrons. The third-order valence-corrected chi connectivity index (χ3v) is 2.76. The number of ether oxygens (including phenoxy) is 1. The van der Waals surface area contributed by atoms with E-state index in [1.54, 1.807) is 0 Å². The minimum atomic E-state index is -0.334. The molecule has 0 bridgehead atoms. The van der Waals surface area contributed by atoms with Crippen LogP contribution < -0.4 is 0 Å². The molecule has 0 aromatic rings. The molecule has 0 aromatic heterocycles. The van der Waals surface area contributed by atoms with Crippen LogP contribution in [-0.4, -0.2) is 11.9 Å². The second-order valence-corrected chi connectivity index (χ2v) is 6.16. The van der Waals surface area contributed by atoms with Crippen molar-refractivity contribution in [3.05, 3.63) is 63.8 Å². The molecule has 0 aromatic carbocycles. The number of thiol groups is 1. The van der Waals surface area contributed by atoms with Crippen LogP contribution in [0.25, 0.3) is 0 Å². The first kappa shape index (κ1) is 20.0. The Morgan fingerprint density at radius 3 is 2.62 bits per heavy atom. The quantitative estimate of drug-likeness (QED) is 0.248. The Hall–Kier alpha value is -0.960. The first-order valence-electron chi connectivity index (χ1n) is 6.63. The second-order valence-electron chi connectivity index (χ2n) is 4.50. The van der Waals surface area contributed by atoms with Gasteiger partial charge in [-0.2, -0.15) is 12.6 Å². The fourth-order valence-corrected chi connectivity index (χ4v) is 1.61. The van der Waals surface area contributed by atoms with Gasteiger partial charge in [0.2, 0.25) is 0 Å². The maximum Gasteiger partial charge on any atom is 0.166 e. The molecule has 0 fully saturated rings. The molecule has 0 radical (unpaired) electrons. The molecular formula is C17H22BrFOS. The van der Waals surface area contributed by atoms with Crippen LogP contribution in [0.5, 0.6) is 0 Å². The molecule has 1 nitrogen and oxygen atoms in total. The van der Waals surface area contributed by atoms with E-state index in [1.807, 2.05) is 51.2 Å². The smallest absolute Gasteiger partial charge is 0.166 e. The van der Waals surface area contributed by atoms with Crippen molar-refractivity contribution in [2.45, 2.75) is 32.9 Å². The highest BCUT2D eigenvalue weighted by atomic mass is 79.9. The summed E-state index contributed by atoms with van der Waals surface area (Å²) in [6, 6.07) is 0. The lowest BCUT2D eigenvalue weighted by atomic mass is 10.3. The van der Waals surface area contributed by atoms with Gasteiger partial charge in [-0.25, -0.2) is 4.39 Å². The average Bonchev–Trinajstić information content (AvgIpc) is 2.39. The molecule has 0 aliphatic rings. The van der Waals surface area contributed by atoms with Crippen molar-refractivity contribution in [3.63, 3.8) is 0 Å². The largest absolute Gasteiger partial charge is 0.482 e. The molecule has 1 atom stereocenters. The van der Waals surface area contributed by atoms with Gasteiger partial charge in [-0.1, -0.05) is 30.0 Å². The van der Waals surface area contributed by atoms with Gasteiger partial charge in [0, 0.05) is 11.3 Å². The van der Waals surface area contributed by atoms with E-state index in [9.17, 15) is 4.39 Å². The molecule has 0 aliphatic carbocycles. The van der Waals surface area contributed by atoms with Crippen molar-refractivity contribution in [3.8, 4) is 0 Å². The first-order chi connectivity index (χ1) is 9.85. The van der Waals surface area contributed by atoms with E-state index in [1.165, 1.54) is 13.0 Å². The van der Waals surface area contributed by atoms with Gasteiger partial charge >= 0.3 is 0 Å². The summed E-state index contributed by atoms with van der Waals surface area (Å²) in [6.07, 6.45) is 10.8. The normalized spacial score (nSPS) is 14.4. The van der Waals surface area contributed by atoms with E-state index in [0.717, 1.165) is 5.57 Å². The molecule has 0 amide bonds. The van der Waals surface area contributed by atoms with Gasteiger partial charge in [-0.3, -0.25) is 0 Å². The van der Waals surface area contributed by atoms with Crippen molar-refractivity contribution in [1.82, 2.24) is 0 Å². The lowest BCUT2D eigenvalue weighted by molar-refractivity contribution is 0.252. The van der Waals surface area contributed by atoms with Crippen LogP contribution in [0, 0.1) is 0 Å². The van der Waals surface area contributed by atoms with Crippen LogP contribution in [0.4, 0.5) is 4.39 Å². The zero-order chi connectivity index (χ0) is 16.3. The summed E-state index contributed by atoms with van der Waals surface area (Å²) < 4.78 is 19.3. The number of halogens is 2. The van der Waals surface area contributed by atoms with Gasteiger partial charge in [0.05, 0.1) is 4.48 Å². The Balaban J connectivity index is 5.13. The number of hydrogen-bond acceptors (Lipinski definition) is 2. The lowest BCUT2D eigenvalue weighted by Gasteiger charge is -2.05. The fraction of sp³-hybridized carbons (Fsp3) is 0.353. The summed E-state index contributed by atoms with van der Waals surface area (Å²) in [5.74, 6) is 0.00556. The minimum Gasteiger partial charge on any atom is -0.482 e. The Kier molecular flexibility index (Phi) is 11.1. The average molecular weight is 373 g/mol. The van der Waals surface area contributed by atoms with Gasteiger partial charge in [0.25, 0.3) is 0 Å². The molecular weight excluding hydrogens is 351 g/mol. The summed E-state index contributed by atoms with van der Waals surface area (Å²) in [5, 5.41) is 0.133. The molecule has 0 N–H and O–H groups in total. The number of rotatable bonds is 7. The third-order valence-electron chi connectivity index (χ3n) is 2.12. The van der Waals surface area contributed by atoms with Crippen molar-refractivity contribution in [2.75, 3.05) is 6.61 Å². The Morgan fingerprint density at radius 2 is 2.10 bits per heavy atom. The molecule has 0 saturated heterocycles. The van der Waals surface area contributed by atoms with Crippen molar-refractivity contribution in [1.29, 1.82) is 0 Å². The van der Waals surface area contributed by atoms with Gasteiger partial charge in [0.1, 0.15) is 12.4 Å². The SMILES string of the molecule is C/C=C\C=C(/C)COC(=C=C(Br)C=CC(C)S)/C=C(\C)F. The van der Waals surface area contributed by atoms with Crippen molar-refractivity contribution >= 4 is 28.6 Å². The molecule has 0 spiro atoms. The molecule has 0 saturated carbocycles. The summed E-state index contributed by atoms with van der Waals surface area (Å²) in [4.78, 5) is 0. The highest BCUT2D eigenvalue weighted by Crippen LogP contribution is 2.12. The van der Waals surface area contributed by atoms with Crippen LogP contribution in [0.15, 0.2) is 63.8 Å². The second kappa shape index (κ2) is 11.7. The summed E-state index contributed by atoms with van der Waals surface area (Å²) >= 11 is 7.60. The predicted octanol–water partition coefficient (Wildman–Crippen LogP) is 6.03. The maximum atomic E-state index is 13.1. The fourth-order valence-electron chi connectivity index (χ4n) is 1.18. The Bertz CT molecular complexity index is 503. The number of hydrogen-bond donors (Lipinski definition) is 1.